The van der Waals surface area contributed by atoms with Crippen LogP contribution in [-0.2, 0) is 0 Å². The van der Waals surface area contributed by atoms with Gasteiger partial charge < -0.3 is 0 Å². The molecule has 0 heterocycles. The van der Waals surface area contributed by atoms with E-state index in [-0.39, 0.29) is 11.9 Å². The highest BCUT2D eigenvalue weighted by Crippen LogP contribution is 2.21. The Morgan fingerprint density at radius 1 is 1.33 bits per heavy atom. The van der Waals surface area contributed by atoms with Crippen molar-refractivity contribution in [1.82, 2.24) is 5.43 Å². The molecule has 1 aromatic carbocycles. The van der Waals surface area contributed by atoms with Crippen molar-refractivity contribution in [1.29, 1.82) is 0 Å². The zero-order valence-electron chi connectivity index (χ0n) is 9.17. The van der Waals surface area contributed by atoms with Crippen molar-refractivity contribution in [3.63, 3.8) is 0 Å². The van der Waals surface area contributed by atoms with Gasteiger partial charge in [0.25, 0.3) is 0 Å². The number of benzene rings is 1. The van der Waals surface area contributed by atoms with E-state index in [0.29, 0.717) is 5.56 Å². The predicted molar refractivity (Wildman–Crippen MR) is 60.6 cm³/mol. The SMILES string of the molecule is CCCCCC(NN)c1ccccc1F. The third-order valence-electron chi connectivity index (χ3n) is 2.58. The number of nitrogens with one attached hydrogen (secondary N) is 1. The highest BCUT2D eigenvalue weighted by atomic mass is 19.1. The lowest BCUT2D eigenvalue weighted by molar-refractivity contribution is 0.464. The molecular weight excluding hydrogens is 191 g/mol. The molecule has 3 N–H and O–H groups in total. The van der Waals surface area contributed by atoms with Gasteiger partial charge in [-0.05, 0) is 12.5 Å². The standard InChI is InChI=1S/C12H19FN2/c1-2-3-4-9-12(15-14)10-7-5-6-8-11(10)13/h5-8,12,15H,2-4,9,14H2,1H3. The molecule has 0 aliphatic rings. The van der Waals surface area contributed by atoms with Crippen LogP contribution in [0, 0.1) is 5.82 Å². The Bertz CT molecular complexity index is 289. The van der Waals surface area contributed by atoms with Crippen LogP contribution in [0.15, 0.2) is 24.3 Å². The second kappa shape index (κ2) is 6.53. The predicted octanol–water partition coefficient (Wildman–Crippen LogP) is 2.91. The van der Waals surface area contributed by atoms with Gasteiger partial charge in [-0.15, -0.1) is 0 Å². The van der Waals surface area contributed by atoms with Gasteiger partial charge in [-0.2, -0.15) is 0 Å². The van der Waals surface area contributed by atoms with Crippen LogP contribution in [0.2, 0.25) is 0 Å². The maximum atomic E-state index is 13.4. The molecule has 1 aromatic rings. The molecule has 15 heavy (non-hydrogen) atoms. The summed E-state index contributed by atoms with van der Waals surface area (Å²) in [5.74, 6) is 5.26. The highest BCUT2D eigenvalue weighted by molar-refractivity contribution is 5.20. The Balaban J connectivity index is 2.61. The number of hydrazine groups is 1. The molecular formula is C12H19FN2. The third-order valence-corrected chi connectivity index (χ3v) is 2.58. The number of hydrogen-bond donors (Lipinski definition) is 2. The van der Waals surface area contributed by atoms with Crippen molar-refractivity contribution in [2.45, 2.75) is 38.6 Å². The van der Waals surface area contributed by atoms with Gasteiger partial charge >= 0.3 is 0 Å². The molecule has 1 rings (SSSR count). The van der Waals surface area contributed by atoms with Crippen LogP contribution >= 0.6 is 0 Å². The summed E-state index contributed by atoms with van der Waals surface area (Å²) in [5.41, 5.74) is 3.34. The van der Waals surface area contributed by atoms with Crippen LogP contribution in [0.1, 0.15) is 44.2 Å². The van der Waals surface area contributed by atoms with Crippen LogP contribution in [-0.4, -0.2) is 0 Å². The van der Waals surface area contributed by atoms with Crippen molar-refractivity contribution in [3.05, 3.63) is 35.6 Å². The summed E-state index contributed by atoms with van der Waals surface area (Å²) in [5, 5.41) is 0. The van der Waals surface area contributed by atoms with Crippen molar-refractivity contribution in [2.75, 3.05) is 0 Å². The first-order valence-electron chi connectivity index (χ1n) is 5.50. The Morgan fingerprint density at radius 2 is 2.07 bits per heavy atom. The zero-order valence-corrected chi connectivity index (χ0v) is 9.17. The van der Waals surface area contributed by atoms with E-state index in [1.165, 1.54) is 6.07 Å². The zero-order chi connectivity index (χ0) is 11.1. The molecule has 0 aromatic heterocycles. The van der Waals surface area contributed by atoms with Crippen LogP contribution in [0.5, 0.6) is 0 Å². The lowest BCUT2D eigenvalue weighted by atomic mass is 10.0. The molecule has 0 aliphatic carbocycles. The monoisotopic (exact) mass is 210 g/mol. The molecule has 1 unspecified atom stereocenters. The van der Waals surface area contributed by atoms with Crippen molar-refractivity contribution in [2.24, 2.45) is 5.84 Å². The van der Waals surface area contributed by atoms with Crippen molar-refractivity contribution in [3.8, 4) is 0 Å². The van der Waals surface area contributed by atoms with E-state index in [1.807, 2.05) is 6.07 Å². The van der Waals surface area contributed by atoms with E-state index in [2.05, 4.69) is 12.3 Å². The number of unbranched alkanes of at least 4 members (excludes halogenated alkanes) is 2. The van der Waals surface area contributed by atoms with Gasteiger partial charge in [-0.25, -0.2) is 4.39 Å². The summed E-state index contributed by atoms with van der Waals surface area (Å²) in [6.07, 6.45) is 4.27. The molecule has 0 spiro atoms. The number of rotatable bonds is 6. The Kier molecular flexibility index (Phi) is 5.29. The minimum atomic E-state index is -0.183. The molecule has 0 aliphatic heterocycles. The van der Waals surface area contributed by atoms with E-state index in [4.69, 9.17) is 5.84 Å². The lowest BCUT2D eigenvalue weighted by Gasteiger charge is -2.16. The Morgan fingerprint density at radius 3 is 2.67 bits per heavy atom. The van der Waals surface area contributed by atoms with Gasteiger partial charge in [0.2, 0.25) is 0 Å². The molecule has 0 fully saturated rings. The molecule has 0 saturated heterocycles. The number of hydrogen-bond acceptors (Lipinski definition) is 2. The molecule has 84 valence electrons. The summed E-state index contributed by atoms with van der Waals surface area (Å²) in [6, 6.07) is 6.71. The lowest BCUT2D eigenvalue weighted by Crippen LogP contribution is -2.28. The van der Waals surface area contributed by atoms with Gasteiger partial charge in [-0.1, -0.05) is 44.4 Å². The van der Waals surface area contributed by atoms with E-state index >= 15 is 0 Å². The maximum Gasteiger partial charge on any atom is 0.128 e. The van der Waals surface area contributed by atoms with Crippen molar-refractivity contribution < 1.29 is 4.39 Å². The van der Waals surface area contributed by atoms with Crippen LogP contribution in [0.4, 0.5) is 4.39 Å². The minimum Gasteiger partial charge on any atom is -0.271 e. The van der Waals surface area contributed by atoms with Crippen LogP contribution in [0.3, 0.4) is 0 Å². The largest absolute Gasteiger partial charge is 0.271 e. The quantitative estimate of drug-likeness (QED) is 0.430. The van der Waals surface area contributed by atoms with Gasteiger partial charge in [0.1, 0.15) is 5.82 Å². The molecule has 0 radical (unpaired) electrons. The summed E-state index contributed by atoms with van der Waals surface area (Å²) < 4.78 is 13.4. The topological polar surface area (TPSA) is 38.0 Å². The average molecular weight is 210 g/mol. The molecule has 2 nitrogen and oxygen atoms in total. The van der Waals surface area contributed by atoms with Gasteiger partial charge in [0.15, 0.2) is 0 Å². The first kappa shape index (κ1) is 12.1. The Labute approximate surface area is 90.6 Å². The van der Waals surface area contributed by atoms with Gasteiger partial charge in [-0.3, -0.25) is 11.3 Å². The van der Waals surface area contributed by atoms with E-state index in [1.54, 1.807) is 12.1 Å². The van der Waals surface area contributed by atoms with Gasteiger partial charge in [0.05, 0.1) is 0 Å². The molecule has 1 atom stereocenters. The fraction of sp³-hybridized carbons (Fsp3) is 0.500. The van der Waals surface area contributed by atoms with Crippen molar-refractivity contribution >= 4 is 0 Å². The fourth-order valence-electron chi connectivity index (χ4n) is 1.68. The van der Waals surface area contributed by atoms with Gasteiger partial charge in [0, 0.05) is 11.6 Å². The summed E-state index contributed by atoms with van der Waals surface area (Å²) in [4.78, 5) is 0. The number of halogens is 1. The second-order valence-electron chi connectivity index (χ2n) is 3.74. The summed E-state index contributed by atoms with van der Waals surface area (Å²) >= 11 is 0. The molecule has 0 bridgehead atoms. The normalized spacial score (nSPS) is 12.7. The molecule has 0 amide bonds. The first-order valence-corrected chi connectivity index (χ1v) is 5.50. The van der Waals surface area contributed by atoms with E-state index in [0.717, 1.165) is 25.7 Å². The maximum absolute atomic E-state index is 13.4. The second-order valence-corrected chi connectivity index (χ2v) is 3.74. The highest BCUT2D eigenvalue weighted by Gasteiger charge is 2.12. The summed E-state index contributed by atoms with van der Waals surface area (Å²) in [6.45, 7) is 2.15. The van der Waals surface area contributed by atoms with Crippen LogP contribution < -0.4 is 11.3 Å². The fourth-order valence-corrected chi connectivity index (χ4v) is 1.68. The summed E-state index contributed by atoms with van der Waals surface area (Å²) in [7, 11) is 0. The average Bonchev–Trinajstić information content (AvgIpc) is 2.26. The third kappa shape index (κ3) is 3.61. The minimum absolute atomic E-state index is 0.0715. The van der Waals surface area contributed by atoms with E-state index in [9.17, 15) is 4.39 Å². The first-order chi connectivity index (χ1) is 7.29. The Hall–Kier alpha value is -0.930. The van der Waals surface area contributed by atoms with E-state index < -0.39 is 0 Å². The van der Waals surface area contributed by atoms with Crippen LogP contribution in [0.25, 0.3) is 0 Å². The molecule has 3 heteroatoms. The smallest absolute Gasteiger partial charge is 0.128 e. The molecule has 0 saturated carbocycles. The number of nitrogens with two attached hydrogens (primary N) is 1.